The normalized spacial score (nSPS) is 13.1. The van der Waals surface area contributed by atoms with E-state index in [2.05, 4.69) is 0 Å². The number of aliphatic hydroxyl groups is 1. The summed E-state index contributed by atoms with van der Waals surface area (Å²) in [4.78, 5) is 0. The molecule has 1 atom stereocenters. The first-order chi connectivity index (χ1) is 5.52. The fourth-order valence-electron chi connectivity index (χ4n) is 1.06. The van der Waals surface area contributed by atoms with Gasteiger partial charge in [-0.25, -0.2) is 4.39 Å². The van der Waals surface area contributed by atoms with Gasteiger partial charge in [0.25, 0.3) is 0 Å². The van der Waals surface area contributed by atoms with E-state index in [9.17, 15) is 9.50 Å². The van der Waals surface area contributed by atoms with E-state index in [1.807, 2.05) is 29.5 Å². The summed E-state index contributed by atoms with van der Waals surface area (Å²) in [5.74, 6) is -0.309. The molecule has 0 heterocycles. The minimum Gasteiger partial charge on any atom is -0.389 e. The maximum absolute atomic E-state index is 13.3. The molecule has 1 unspecified atom stereocenters. The second-order valence-electron chi connectivity index (χ2n) is 2.83. The Hall–Kier alpha value is -0.160. The summed E-state index contributed by atoms with van der Waals surface area (Å²) >= 11 is 1.92. The van der Waals surface area contributed by atoms with Gasteiger partial charge in [0, 0.05) is 9.13 Å². The molecule has 0 saturated carbocycles. The average Bonchev–Trinajstić information content (AvgIpc) is 1.96. The van der Waals surface area contributed by atoms with E-state index in [0.717, 1.165) is 5.56 Å². The van der Waals surface area contributed by atoms with Crippen LogP contribution in [0.15, 0.2) is 12.1 Å². The zero-order valence-corrected chi connectivity index (χ0v) is 9.09. The zero-order valence-electron chi connectivity index (χ0n) is 6.94. The number of aryl methyl sites for hydroxylation is 1. The van der Waals surface area contributed by atoms with Gasteiger partial charge in [0.15, 0.2) is 0 Å². The second-order valence-corrected chi connectivity index (χ2v) is 3.99. The second kappa shape index (κ2) is 3.70. The van der Waals surface area contributed by atoms with Crippen LogP contribution in [0.25, 0.3) is 0 Å². The Bertz CT molecular complexity index is 297. The van der Waals surface area contributed by atoms with Gasteiger partial charge in [-0.15, -0.1) is 0 Å². The van der Waals surface area contributed by atoms with Crippen LogP contribution in [0.5, 0.6) is 0 Å². The maximum atomic E-state index is 13.3. The number of rotatable bonds is 1. The Balaban J connectivity index is 3.28. The molecule has 1 aromatic rings. The van der Waals surface area contributed by atoms with Crippen LogP contribution in [-0.2, 0) is 0 Å². The van der Waals surface area contributed by atoms with Crippen molar-refractivity contribution in [3.63, 3.8) is 0 Å². The Kier molecular flexibility index (Phi) is 3.06. The standard InChI is InChI=1S/C9H10FIO/c1-5-3-7(6(2)12)9(10)8(11)4-5/h3-4,6,12H,1-2H3. The molecule has 0 spiro atoms. The summed E-state index contributed by atoms with van der Waals surface area (Å²) < 4.78 is 13.8. The van der Waals surface area contributed by atoms with Crippen molar-refractivity contribution in [1.82, 2.24) is 0 Å². The summed E-state index contributed by atoms with van der Waals surface area (Å²) in [6, 6.07) is 3.42. The SMILES string of the molecule is Cc1cc(I)c(F)c(C(C)O)c1. The average molecular weight is 280 g/mol. The first kappa shape index (κ1) is 9.92. The predicted octanol–water partition coefficient (Wildman–Crippen LogP) is 2.79. The third-order valence-electron chi connectivity index (χ3n) is 1.65. The first-order valence-corrected chi connectivity index (χ1v) is 4.74. The van der Waals surface area contributed by atoms with Crippen LogP contribution in [0, 0.1) is 16.3 Å². The highest BCUT2D eigenvalue weighted by Crippen LogP contribution is 2.22. The molecule has 0 amide bonds. The van der Waals surface area contributed by atoms with E-state index >= 15 is 0 Å². The van der Waals surface area contributed by atoms with Gasteiger partial charge < -0.3 is 5.11 Å². The highest BCUT2D eigenvalue weighted by atomic mass is 127. The molecule has 0 aliphatic carbocycles. The van der Waals surface area contributed by atoms with E-state index in [4.69, 9.17) is 0 Å². The van der Waals surface area contributed by atoms with Crippen LogP contribution in [-0.4, -0.2) is 5.11 Å². The van der Waals surface area contributed by atoms with E-state index in [0.29, 0.717) is 9.13 Å². The molecule has 1 rings (SSSR count). The summed E-state index contributed by atoms with van der Waals surface area (Å²) in [5.41, 5.74) is 1.34. The van der Waals surface area contributed by atoms with Crippen molar-refractivity contribution < 1.29 is 9.50 Å². The lowest BCUT2D eigenvalue weighted by molar-refractivity contribution is 0.194. The van der Waals surface area contributed by atoms with E-state index < -0.39 is 6.10 Å². The molecule has 1 N–H and O–H groups in total. The molecule has 12 heavy (non-hydrogen) atoms. The van der Waals surface area contributed by atoms with Crippen molar-refractivity contribution in [1.29, 1.82) is 0 Å². The molecule has 0 aliphatic heterocycles. The molecule has 66 valence electrons. The topological polar surface area (TPSA) is 20.2 Å². The molecule has 0 aliphatic rings. The third kappa shape index (κ3) is 1.95. The highest BCUT2D eigenvalue weighted by molar-refractivity contribution is 14.1. The molecule has 1 aromatic carbocycles. The van der Waals surface area contributed by atoms with Gasteiger partial charge in [0.1, 0.15) is 5.82 Å². The van der Waals surface area contributed by atoms with Crippen molar-refractivity contribution in [2.24, 2.45) is 0 Å². The molecular formula is C9H10FIO. The van der Waals surface area contributed by atoms with Crippen LogP contribution in [0.3, 0.4) is 0 Å². The molecule has 0 bridgehead atoms. The molecule has 0 aromatic heterocycles. The van der Waals surface area contributed by atoms with Crippen LogP contribution in [0.4, 0.5) is 4.39 Å². The number of halogens is 2. The number of aliphatic hydroxyl groups excluding tert-OH is 1. The van der Waals surface area contributed by atoms with Crippen molar-refractivity contribution >= 4 is 22.6 Å². The first-order valence-electron chi connectivity index (χ1n) is 3.66. The summed E-state index contributed by atoms with van der Waals surface area (Å²) in [6.45, 7) is 3.45. The minimum atomic E-state index is -0.738. The van der Waals surface area contributed by atoms with Gasteiger partial charge in [0.2, 0.25) is 0 Å². The Morgan fingerprint density at radius 3 is 2.58 bits per heavy atom. The zero-order chi connectivity index (χ0) is 9.30. The Labute approximate surface area is 84.7 Å². The quantitative estimate of drug-likeness (QED) is 0.784. The number of hydrogen-bond acceptors (Lipinski definition) is 1. The predicted molar refractivity (Wildman–Crippen MR) is 54.5 cm³/mol. The van der Waals surface area contributed by atoms with Gasteiger partial charge in [-0.2, -0.15) is 0 Å². The van der Waals surface area contributed by atoms with E-state index in [1.165, 1.54) is 0 Å². The molecular weight excluding hydrogens is 270 g/mol. The minimum absolute atomic E-state index is 0.309. The lowest BCUT2D eigenvalue weighted by Gasteiger charge is -2.08. The van der Waals surface area contributed by atoms with Crippen LogP contribution in [0.1, 0.15) is 24.2 Å². The van der Waals surface area contributed by atoms with Crippen molar-refractivity contribution in [3.8, 4) is 0 Å². The van der Waals surface area contributed by atoms with Crippen molar-refractivity contribution in [3.05, 3.63) is 32.6 Å². The summed E-state index contributed by atoms with van der Waals surface area (Å²) in [5, 5.41) is 9.21. The van der Waals surface area contributed by atoms with E-state index in [-0.39, 0.29) is 5.82 Å². The number of hydrogen-bond donors (Lipinski definition) is 1. The fraction of sp³-hybridized carbons (Fsp3) is 0.333. The van der Waals surface area contributed by atoms with Gasteiger partial charge in [-0.1, -0.05) is 6.07 Å². The van der Waals surface area contributed by atoms with Crippen molar-refractivity contribution in [2.45, 2.75) is 20.0 Å². The van der Waals surface area contributed by atoms with Gasteiger partial charge in [0.05, 0.1) is 6.10 Å². The fourth-order valence-corrected chi connectivity index (χ4v) is 1.86. The largest absolute Gasteiger partial charge is 0.389 e. The molecule has 0 saturated heterocycles. The van der Waals surface area contributed by atoms with Crippen LogP contribution >= 0.6 is 22.6 Å². The van der Waals surface area contributed by atoms with E-state index in [1.54, 1.807) is 19.1 Å². The maximum Gasteiger partial charge on any atom is 0.142 e. The highest BCUT2D eigenvalue weighted by Gasteiger charge is 2.11. The lowest BCUT2D eigenvalue weighted by atomic mass is 10.1. The van der Waals surface area contributed by atoms with Crippen LogP contribution in [0.2, 0.25) is 0 Å². The molecule has 0 fully saturated rings. The monoisotopic (exact) mass is 280 g/mol. The lowest BCUT2D eigenvalue weighted by Crippen LogP contribution is -1.98. The van der Waals surface area contributed by atoms with Gasteiger partial charge in [-0.3, -0.25) is 0 Å². The Morgan fingerprint density at radius 2 is 2.08 bits per heavy atom. The van der Waals surface area contributed by atoms with Crippen LogP contribution < -0.4 is 0 Å². The molecule has 0 radical (unpaired) electrons. The smallest absolute Gasteiger partial charge is 0.142 e. The Morgan fingerprint density at radius 1 is 1.50 bits per heavy atom. The van der Waals surface area contributed by atoms with Gasteiger partial charge >= 0.3 is 0 Å². The molecule has 1 nitrogen and oxygen atoms in total. The third-order valence-corrected chi connectivity index (χ3v) is 2.44. The number of benzene rings is 1. The molecule has 3 heteroatoms. The van der Waals surface area contributed by atoms with Crippen molar-refractivity contribution in [2.75, 3.05) is 0 Å². The van der Waals surface area contributed by atoms with Gasteiger partial charge in [-0.05, 0) is 48.1 Å². The summed E-state index contributed by atoms with van der Waals surface area (Å²) in [6.07, 6.45) is -0.738. The summed E-state index contributed by atoms with van der Waals surface area (Å²) in [7, 11) is 0.